The SMILES string of the molecule is CC(C)NC(=O)NCC(CC(=O)O)c1ccc(Cl)cc1. The van der Waals surface area contributed by atoms with Gasteiger partial charge in [0.1, 0.15) is 0 Å². The van der Waals surface area contributed by atoms with E-state index in [0.717, 1.165) is 5.56 Å². The van der Waals surface area contributed by atoms with E-state index in [0.29, 0.717) is 5.02 Å². The van der Waals surface area contributed by atoms with Gasteiger partial charge in [0.05, 0.1) is 6.42 Å². The van der Waals surface area contributed by atoms with Gasteiger partial charge in [0.15, 0.2) is 0 Å². The largest absolute Gasteiger partial charge is 0.481 e. The van der Waals surface area contributed by atoms with E-state index in [2.05, 4.69) is 10.6 Å². The van der Waals surface area contributed by atoms with Gasteiger partial charge in [-0.05, 0) is 31.5 Å². The number of nitrogens with one attached hydrogen (secondary N) is 2. The quantitative estimate of drug-likeness (QED) is 0.755. The van der Waals surface area contributed by atoms with Gasteiger partial charge in [-0.1, -0.05) is 23.7 Å². The zero-order valence-corrected chi connectivity index (χ0v) is 12.3. The molecule has 0 aliphatic rings. The molecule has 6 heteroatoms. The molecule has 0 fully saturated rings. The third kappa shape index (κ3) is 5.93. The van der Waals surface area contributed by atoms with Crippen LogP contribution in [0.5, 0.6) is 0 Å². The van der Waals surface area contributed by atoms with Gasteiger partial charge in [-0.3, -0.25) is 4.79 Å². The van der Waals surface area contributed by atoms with Gasteiger partial charge in [0, 0.05) is 23.5 Å². The molecule has 0 aromatic heterocycles. The topological polar surface area (TPSA) is 78.4 Å². The minimum Gasteiger partial charge on any atom is -0.481 e. The molecule has 0 heterocycles. The summed E-state index contributed by atoms with van der Waals surface area (Å²) in [5, 5.41) is 14.9. The van der Waals surface area contributed by atoms with Crippen molar-refractivity contribution in [3.63, 3.8) is 0 Å². The molecule has 3 N–H and O–H groups in total. The standard InChI is InChI=1S/C14H19ClN2O3/c1-9(2)17-14(20)16-8-11(7-13(18)19)10-3-5-12(15)6-4-10/h3-6,9,11H,7-8H2,1-2H3,(H,18,19)(H2,16,17,20). The number of rotatable bonds is 6. The number of amides is 2. The summed E-state index contributed by atoms with van der Waals surface area (Å²) in [6.45, 7) is 3.97. The lowest BCUT2D eigenvalue weighted by Gasteiger charge is -2.17. The average molecular weight is 299 g/mol. The summed E-state index contributed by atoms with van der Waals surface area (Å²) >= 11 is 5.81. The number of hydrogen-bond acceptors (Lipinski definition) is 2. The number of carbonyl (C=O) groups excluding carboxylic acids is 1. The fraction of sp³-hybridized carbons (Fsp3) is 0.429. The molecule has 1 unspecified atom stereocenters. The van der Waals surface area contributed by atoms with Crippen molar-refractivity contribution in [3.05, 3.63) is 34.9 Å². The summed E-state index contributed by atoms with van der Waals surface area (Å²) in [6, 6.07) is 6.70. The van der Waals surface area contributed by atoms with Gasteiger partial charge in [0.25, 0.3) is 0 Å². The fourth-order valence-corrected chi connectivity index (χ4v) is 1.91. The number of carboxylic acids is 1. The molecule has 0 saturated heterocycles. The molecule has 2 amide bonds. The van der Waals surface area contributed by atoms with E-state index in [1.54, 1.807) is 24.3 Å². The Balaban J connectivity index is 2.67. The van der Waals surface area contributed by atoms with Gasteiger partial charge in [-0.25, -0.2) is 4.79 Å². The molecule has 1 aromatic rings. The molecular weight excluding hydrogens is 280 g/mol. The lowest BCUT2D eigenvalue weighted by molar-refractivity contribution is -0.137. The third-order valence-corrected chi connectivity index (χ3v) is 2.94. The van der Waals surface area contributed by atoms with Crippen LogP contribution < -0.4 is 10.6 Å². The Bertz CT molecular complexity index is 460. The van der Waals surface area contributed by atoms with Crippen molar-refractivity contribution in [1.29, 1.82) is 0 Å². The average Bonchev–Trinajstić information content (AvgIpc) is 2.34. The highest BCUT2D eigenvalue weighted by Crippen LogP contribution is 2.21. The van der Waals surface area contributed by atoms with Crippen LogP contribution in [0.4, 0.5) is 4.79 Å². The molecule has 0 radical (unpaired) electrons. The molecule has 1 rings (SSSR count). The van der Waals surface area contributed by atoms with Crippen molar-refractivity contribution < 1.29 is 14.7 Å². The normalized spacial score (nSPS) is 12.0. The highest BCUT2D eigenvalue weighted by molar-refractivity contribution is 6.30. The zero-order chi connectivity index (χ0) is 15.1. The summed E-state index contributed by atoms with van der Waals surface area (Å²) in [5.41, 5.74) is 0.835. The first-order chi connectivity index (χ1) is 9.38. The smallest absolute Gasteiger partial charge is 0.315 e. The van der Waals surface area contributed by atoms with Crippen LogP contribution >= 0.6 is 11.6 Å². The molecule has 0 aliphatic heterocycles. The van der Waals surface area contributed by atoms with Crippen LogP contribution in [-0.2, 0) is 4.79 Å². The summed E-state index contributed by atoms with van der Waals surface area (Å²) in [4.78, 5) is 22.5. The number of urea groups is 1. The minimum absolute atomic E-state index is 0.0310. The number of aliphatic carboxylic acids is 1. The van der Waals surface area contributed by atoms with Crippen molar-refractivity contribution in [2.75, 3.05) is 6.54 Å². The lowest BCUT2D eigenvalue weighted by atomic mass is 9.96. The Morgan fingerprint density at radius 2 is 1.85 bits per heavy atom. The third-order valence-electron chi connectivity index (χ3n) is 2.69. The van der Waals surface area contributed by atoms with E-state index in [9.17, 15) is 9.59 Å². The van der Waals surface area contributed by atoms with Crippen molar-refractivity contribution >= 4 is 23.6 Å². The molecule has 5 nitrogen and oxygen atoms in total. The predicted molar refractivity (Wildman–Crippen MR) is 78.1 cm³/mol. The zero-order valence-electron chi connectivity index (χ0n) is 11.5. The van der Waals surface area contributed by atoms with Gasteiger partial charge in [-0.15, -0.1) is 0 Å². The molecule has 0 spiro atoms. The first kappa shape index (κ1) is 16.3. The molecule has 0 bridgehead atoms. The maximum Gasteiger partial charge on any atom is 0.315 e. The van der Waals surface area contributed by atoms with E-state index in [1.165, 1.54) is 0 Å². The van der Waals surface area contributed by atoms with Crippen molar-refractivity contribution in [2.45, 2.75) is 32.2 Å². The molecule has 20 heavy (non-hydrogen) atoms. The first-order valence-electron chi connectivity index (χ1n) is 6.40. The van der Waals surface area contributed by atoms with Gasteiger partial charge in [-0.2, -0.15) is 0 Å². The summed E-state index contributed by atoms with van der Waals surface area (Å²) in [6.07, 6.45) is -0.0520. The summed E-state index contributed by atoms with van der Waals surface area (Å²) in [7, 11) is 0. The van der Waals surface area contributed by atoms with E-state index in [-0.39, 0.29) is 31.0 Å². The van der Waals surface area contributed by atoms with Crippen molar-refractivity contribution in [3.8, 4) is 0 Å². The molecule has 1 atom stereocenters. The Labute approximate surface area is 123 Å². The number of halogens is 1. The highest BCUT2D eigenvalue weighted by atomic mass is 35.5. The monoisotopic (exact) mass is 298 g/mol. The van der Waals surface area contributed by atoms with Crippen molar-refractivity contribution in [1.82, 2.24) is 10.6 Å². The first-order valence-corrected chi connectivity index (χ1v) is 6.78. The van der Waals surface area contributed by atoms with Crippen LogP contribution in [0, 0.1) is 0 Å². The molecule has 110 valence electrons. The minimum atomic E-state index is -0.906. The van der Waals surface area contributed by atoms with E-state index >= 15 is 0 Å². The Hall–Kier alpha value is -1.75. The second-order valence-electron chi connectivity index (χ2n) is 4.86. The van der Waals surface area contributed by atoms with Crippen molar-refractivity contribution in [2.24, 2.45) is 0 Å². The maximum absolute atomic E-state index is 11.5. The Morgan fingerprint density at radius 3 is 2.35 bits per heavy atom. The molecular formula is C14H19ClN2O3. The van der Waals surface area contributed by atoms with Crippen LogP contribution in [0.15, 0.2) is 24.3 Å². The fourth-order valence-electron chi connectivity index (χ4n) is 1.78. The number of carboxylic acid groups (broad SMARTS) is 1. The second-order valence-corrected chi connectivity index (χ2v) is 5.29. The van der Waals surface area contributed by atoms with E-state index in [1.807, 2.05) is 13.8 Å². The summed E-state index contributed by atoms with van der Waals surface area (Å²) in [5.74, 6) is -1.20. The number of carbonyl (C=O) groups is 2. The van der Waals surface area contributed by atoms with Crippen LogP contribution in [0.3, 0.4) is 0 Å². The molecule has 0 saturated carbocycles. The van der Waals surface area contributed by atoms with E-state index < -0.39 is 5.97 Å². The predicted octanol–water partition coefficient (Wildman–Crippen LogP) is 2.61. The van der Waals surface area contributed by atoms with Gasteiger partial charge >= 0.3 is 12.0 Å². The van der Waals surface area contributed by atoms with Crippen LogP contribution in [0.25, 0.3) is 0 Å². The second kappa shape index (κ2) is 7.75. The van der Waals surface area contributed by atoms with E-state index in [4.69, 9.17) is 16.7 Å². The van der Waals surface area contributed by atoms with Crippen LogP contribution in [-0.4, -0.2) is 29.7 Å². The Morgan fingerprint density at radius 1 is 1.25 bits per heavy atom. The van der Waals surface area contributed by atoms with Gasteiger partial charge in [0.2, 0.25) is 0 Å². The molecule has 0 aliphatic carbocycles. The molecule has 1 aromatic carbocycles. The summed E-state index contributed by atoms with van der Waals surface area (Å²) < 4.78 is 0. The number of hydrogen-bond donors (Lipinski definition) is 3. The highest BCUT2D eigenvalue weighted by Gasteiger charge is 2.16. The van der Waals surface area contributed by atoms with Crippen LogP contribution in [0.2, 0.25) is 5.02 Å². The Kier molecular flexibility index (Phi) is 6.31. The van der Waals surface area contributed by atoms with Crippen LogP contribution in [0.1, 0.15) is 31.7 Å². The lowest BCUT2D eigenvalue weighted by Crippen LogP contribution is -2.41. The number of benzene rings is 1. The maximum atomic E-state index is 11.5. The van der Waals surface area contributed by atoms with Gasteiger partial charge < -0.3 is 15.7 Å².